The van der Waals surface area contributed by atoms with Gasteiger partial charge in [0, 0.05) is 19.3 Å². The van der Waals surface area contributed by atoms with Gasteiger partial charge < -0.3 is 14.2 Å². The Bertz CT molecular complexity index is 962. The van der Waals surface area contributed by atoms with Gasteiger partial charge in [0.2, 0.25) is 5.91 Å². The number of rotatable bonds is 6. The Hall–Kier alpha value is -3.55. The van der Waals surface area contributed by atoms with Crippen molar-refractivity contribution in [2.24, 2.45) is 0 Å². The summed E-state index contributed by atoms with van der Waals surface area (Å²) in [5.41, 5.74) is 0.412. The van der Waals surface area contributed by atoms with Crippen LogP contribution in [0.25, 0.3) is 0 Å². The molecule has 6 nitrogen and oxygen atoms in total. The van der Waals surface area contributed by atoms with Gasteiger partial charge in [-0.25, -0.2) is 8.78 Å². The van der Waals surface area contributed by atoms with Crippen molar-refractivity contribution < 1.29 is 22.8 Å². The van der Waals surface area contributed by atoms with Gasteiger partial charge in [0.25, 0.3) is 5.91 Å². The Morgan fingerprint density at radius 2 is 1.93 bits per heavy atom. The number of anilines is 1. The molecular weight excluding hydrogens is 368 g/mol. The summed E-state index contributed by atoms with van der Waals surface area (Å²) in [5.74, 6) is -2.60. The minimum Gasteiger partial charge on any atom is -0.459 e. The number of hydrogen-bond acceptors (Lipinski definition) is 4. The molecule has 0 aliphatic heterocycles. The van der Waals surface area contributed by atoms with Crippen molar-refractivity contribution in [1.29, 1.82) is 0 Å². The molecule has 0 atom stereocenters. The second-order valence-electron chi connectivity index (χ2n) is 6.04. The number of pyridine rings is 1. The quantitative estimate of drug-likeness (QED) is 0.653. The van der Waals surface area contributed by atoms with Crippen molar-refractivity contribution >= 4 is 17.5 Å². The van der Waals surface area contributed by atoms with Crippen molar-refractivity contribution in [1.82, 2.24) is 9.88 Å². The third-order valence-electron chi connectivity index (χ3n) is 4.00. The van der Waals surface area contributed by atoms with Gasteiger partial charge in [0.1, 0.15) is 18.2 Å². The first kappa shape index (κ1) is 19.2. The molecule has 3 aromatic rings. The number of carbonyl (C=O) groups is 2. The zero-order valence-electron chi connectivity index (χ0n) is 15.0. The van der Waals surface area contributed by atoms with E-state index in [1.165, 1.54) is 25.4 Å². The number of aromatic nitrogens is 1. The number of nitrogens with zero attached hydrogens (tertiary/aromatic N) is 3. The summed E-state index contributed by atoms with van der Waals surface area (Å²) < 4.78 is 32.7. The number of carbonyl (C=O) groups excluding carboxylic acids is 2. The van der Waals surface area contributed by atoms with Crippen LogP contribution >= 0.6 is 0 Å². The van der Waals surface area contributed by atoms with Gasteiger partial charge in [-0.15, -0.1) is 0 Å². The number of furan rings is 1. The smallest absolute Gasteiger partial charge is 0.289 e. The molecule has 0 saturated heterocycles. The second kappa shape index (κ2) is 8.43. The molecule has 0 aliphatic rings. The minimum atomic E-state index is -0.885. The highest BCUT2D eigenvalue weighted by Crippen LogP contribution is 2.22. The molecule has 0 saturated carbocycles. The molecule has 0 radical (unpaired) electrons. The van der Waals surface area contributed by atoms with Crippen LogP contribution in [0.3, 0.4) is 0 Å². The van der Waals surface area contributed by atoms with Crippen LogP contribution in [0.5, 0.6) is 0 Å². The van der Waals surface area contributed by atoms with E-state index in [9.17, 15) is 18.4 Å². The molecular formula is C20H17F2N3O3. The Kier molecular flexibility index (Phi) is 5.78. The molecule has 2 amide bonds. The van der Waals surface area contributed by atoms with E-state index in [0.29, 0.717) is 11.8 Å². The highest BCUT2D eigenvalue weighted by molar-refractivity contribution is 5.99. The van der Waals surface area contributed by atoms with Crippen molar-refractivity contribution in [3.05, 3.63) is 84.1 Å². The molecule has 0 bridgehead atoms. The Labute approximate surface area is 160 Å². The van der Waals surface area contributed by atoms with E-state index in [1.54, 1.807) is 30.5 Å². The summed E-state index contributed by atoms with van der Waals surface area (Å²) in [6.45, 7) is -0.367. The fraction of sp³-hybridized carbons (Fsp3) is 0.150. The normalized spacial score (nSPS) is 10.5. The summed E-state index contributed by atoms with van der Waals surface area (Å²) >= 11 is 0. The molecule has 8 heteroatoms. The Morgan fingerprint density at radius 1 is 1.11 bits per heavy atom. The maximum atomic E-state index is 14.3. The first-order valence-corrected chi connectivity index (χ1v) is 8.40. The van der Waals surface area contributed by atoms with Gasteiger partial charge in [-0.3, -0.25) is 14.6 Å². The van der Waals surface area contributed by atoms with Crippen molar-refractivity contribution in [3.63, 3.8) is 0 Å². The van der Waals surface area contributed by atoms with Crippen LogP contribution in [0, 0.1) is 11.6 Å². The van der Waals surface area contributed by atoms with Crippen LogP contribution in [-0.4, -0.2) is 35.3 Å². The summed E-state index contributed by atoms with van der Waals surface area (Å²) in [6.07, 6.45) is 2.90. The van der Waals surface area contributed by atoms with E-state index in [0.717, 1.165) is 15.9 Å². The molecule has 0 spiro atoms. The van der Waals surface area contributed by atoms with Crippen molar-refractivity contribution in [2.75, 3.05) is 18.5 Å². The van der Waals surface area contributed by atoms with E-state index in [-0.39, 0.29) is 24.5 Å². The third kappa shape index (κ3) is 4.40. The average Bonchev–Trinajstić information content (AvgIpc) is 3.21. The molecule has 28 heavy (non-hydrogen) atoms. The average molecular weight is 385 g/mol. The van der Waals surface area contributed by atoms with Crippen LogP contribution in [0.4, 0.5) is 14.5 Å². The van der Waals surface area contributed by atoms with E-state index in [1.807, 2.05) is 0 Å². The lowest BCUT2D eigenvalue weighted by Crippen LogP contribution is -2.41. The highest BCUT2D eigenvalue weighted by Gasteiger charge is 2.24. The lowest BCUT2D eigenvalue weighted by molar-refractivity contribution is -0.119. The zero-order chi connectivity index (χ0) is 20.1. The fourth-order valence-electron chi connectivity index (χ4n) is 2.61. The largest absolute Gasteiger partial charge is 0.459 e. The van der Waals surface area contributed by atoms with Crippen molar-refractivity contribution in [2.45, 2.75) is 6.54 Å². The molecule has 3 rings (SSSR count). The second-order valence-corrected chi connectivity index (χ2v) is 6.04. The molecule has 0 aliphatic carbocycles. The van der Waals surface area contributed by atoms with E-state index >= 15 is 0 Å². The zero-order valence-corrected chi connectivity index (χ0v) is 15.0. The minimum absolute atomic E-state index is 0.0367. The number of benzene rings is 1. The summed E-state index contributed by atoms with van der Waals surface area (Å²) in [7, 11) is 1.43. The van der Waals surface area contributed by atoms with Gasteiger partial charge in [-0.1, -0.05) is 6.07 Å². The monoisotopic (exact) mass is 385 g/mol. The van der Waals surface area contributed by atoms with E-state index < -0.39 is 23.4 Å². The maximum absolute atomic E-state index is 14.3. The van der Waals surface area contributed by atoms with Gasteiger partial charge >= 0.3 is 0 Å². The van der Waals surface area contributed by atoms with Crippen LogP contribution in [0.15, 0.2) is 65.4 Å². The lowest BCUT2D eigenvalue weighted by Gasteiger charge is -2.25. The number of hydrogen-bond donors (Lipinski definition) is 0. The van der Waals surface area contributed by atoms with Gasteiger partial charge in [0.05, 0.1) is 24.2 Å². The number of halogens is 2. The predicted molar refractivity (Wildman–Crippen MR) is 97.5 cm³/mol. The Morgan fingerprint density at radius 3 is 2.57 bits per heavy atom. The summed E-state index contributed by atoms with van der Waals surface area (Å²) in [5, 5.41) is 0. The molecule has 0 unspecified atom stereocenters. The number of amides is 2. The van der Waals surface area contributed by atoms with Crippen LogP contribution < -0.4 is 4.90 Å². The van der Waals surface area contributed by atoms with Crippen molar-refractivity contribution in [3.8, 4) is 0 Å². The molecule has 0 fully saturated rings. The molecule has 2 aromatic heterocycles. The molecule has 144 valence electrons. The van der Waals surface area contributed by atoms with Gasteiger partial charge in [0.15, 0.2) is 5.76 Å². The SMILES string of the molecule is CN(CC(=O)N(Cc1ccccn1)c1ccc(F)cc1F)C(=O)c1ccco1. The van der Waals surface area contributed by atoms with Crippen LogP contribution in [0.1, 0.15) is 16.2 Å². The third-order valence-corrected chi connectivity index (χ3v) is 4.00. The van der Waals surface area contributed by atoms with E-state index in [4.69, 9.17) is 4.42 Å². The fourth-order valence-corrected chi connectivity index (χ4v) is 2.61. The lowest BCUT2D eigenvalue weighted by atomic mass is 10.2. The predicted octanol–water partition coefficient (Wildman–Crippen LogP) is 3.26. The molecule has 1 aromatic carbocycles. The molecule has 0 N–H and O–H groups in total. The number of likely N-dealkylation sites (N-methyl/N-ethyl adjacent to an activating group) is 1. The van der Waals surface area contributed by atoms with Gasteiger partial charge in [-0.05, 0) is 36.4 Å². The van der Waals surface area contributed by atoms with Gasteiger partial charge in [-0.2, -0.15) is 0 Å². The summed E-state index contributed by atoms with van der Waals surface area (Å²) in [4.78, 5) is 31.6. The highest BCUT2D eigenvalue weighted by atomic mass is 19.1. The first-order valence-electron chi connectivity index (χ1n) is 8.40. The van der Waals surface area contributed by atoms with E-state index in [2.05, 4.69) is 4.98 Å². The standard InChI is InChI=1S/C20H17F2N3O3/c1-24(20(27)18-6-4-10-28-18)13-19(26)25(12-15-5-2-3-9-23-15)17-8-7-14(21)11-16(17)22/h2-11H,12-13H2,1H3. The maximum Gasteiger partial charge on any atom is 0.289 e. The first-order chi connectivity index (χ1) is 13.5. The van der Waals surface area contributed by atoms with Crippen LogP contribution in [-0.2, 0) is 11.3 Å². The Balaban J connectivity index is 1.85. The molecule has 2 heterocycles. The topological polar surface area (TPSA) is 66.7 Å². The van der Waals surface area contributed by atoms with Crippen LogP contribution in [0.2, 0.25) is 0 Å². The summed E-state index contributed by atoms with van der Waals surface area (Å²) in [6, 6.07) is 11.1.